The largest absolute Gasteiger partial charge is 0.345 e. The molecule has 118 valence electrons. The van der Waals surface area contributed by atoms with Gasteiger partial charge in [0, 0.05) is 13.6 Å². The Morgan fingerprint density at radius 3 is 2.60 bits per heavy atom. The van der Waals surface area contributed by atoms with Crippen molar-refractivity contribution in [2.45, 2.75) is 46.5 Å². The third-order valence-corrected chi connectivity index (χ3v) is 4.53. The zero-order valence-electron chi connectivity index (χ0n) is 13.8. The van der Waals surface area contributed by atoms with E-state index in [1.165, 1.54) is 19.3 Å². The maximum Gasteiger partial charge on any atom is 0.236 e. The number of nitrogens with two attached hydrogens (primary N) is 1. The van der Waals surface area contributed by atoms with Gasteiger partial charge in [0.05, 0.1) is 6.54 Å². The number of hydrogen-bond donors (Lipinski definition) is 1. The van der Waals surface area contributed by atoms with Crippen LogP contribution in [0.2, 0.25) is 0 Å². The SMILES string of the molecule is CN(CCCN)C(=O)CN1CCCC(C(C)(C)C)CC1. The molecule has 0 aliphatic carbocycles. The Balaban J connectivity index is 2.40. The van der Waals surface area contributed by atoms with Crippen LogP contribution in [0.25, 0.3) is 0 Å². The van der Waals surface area contributed by atoms with Gasteiger partial charge in [0.1, 0.15) is 0 Å². The summed E-state index contributed by atoms with van der Waals surface area (Å²) < 4.78 is 0. The van der Waals surface area contributed by atoms with E-state index in [9.17, 15) is 4.79 Å². The fraction of sp³-hybridized carbons (Fsp3) is 0.938. The van der Waals surface area contributed by atoms with Crippen LogP contribution in [0.15, 0.2) is 0 Å². The van der Waals surface area contributed by atoms with Crippen molar-refractivity contribution in [2.75, 3.05) is 39.8 Å². The van der Waals surface area contributed by atoms with Gasteiger partial charge >= 0.3 is 0 Å². The second kappa shape index (κ2) is 7.99. The highest BCUT2D eigenvalue weighted by Crippen LogP contribution is 2.34. The van der Waals surface area contributed by atoms with Crippen molar-refractivity contribution >= 4 is 5.91 Å². The molecule has 0 radical (unpaired) electrons. The topological polar surface area (TPSA) is 49.6 Å². The molecule has 0 spiro atoms. The number of likely N-dealkylation sites (N-methyl/N-ethyl adjacent to an activating group) is 1. The van der Waals surface area contributed by atoms with E-state index >= 15 is 0 Å². The quantitative estimate of drug-likeness (QED) is 0.839. The maximum atomic E-state index is 12.2. The van der Waals surface area contributed by atoms with E-state index in [1.807, 2.05) is 11.9 Å². The van der Waals surface area contributed by atoms with Crippen molar-refractivity contribution in [1.29, 1.82) is 0 Å². The summed E-state index contributed by atoms with van der Waals surface area (Å²) in [5.74, 6) is 1.00. The highest BCUT2D eigenvalue weighted by molar-refractivity contribution is 5.77. The first-order valence-corrected chi connectivity index (χ1v) is 8.01. The molecule has 0 aromatic carbocycles. The Hall–Kier alpha value is -0.610. The van der Waals surface area contributed by atoms with Crippen molar-refractivity contribution in [3.8, 4) is 0 Å². The van der Waals surface area contributed by atoms with Gasteiger partial charge in [0.25, 0.3) is 0 Å². The summed E-state index contributed by atoms with van der Waals surface area (Å²) >= 11 is 0. The number of hydrogen-bond acceptors (Lipinski definition) is 3. The summed E-state index contributed by atoms with van der Waals surface area (Å²) in [7, 11) is 1.88. The molecule has 4 nitrogen and oxygen atoms in total. The molecule has 0 aromatic rings. The molecule has 1 saturated heterocycles. The minimum atomic E-state index is 0.229. The number of nitrogens with zero attached hydrogens (tertiary/aromatic N) is 2. The predicted octanol–water partition coefficient (Wildman–Crippen LogP) is 1.94. The third-order valence-electron chi connectivity index (χ3n) is 4.53. The second-order valence-corrected chi connectivity index (χ2v) is 7.23. The maximum absolute atomic E-state index is 12.2. The van der Waals surface area contributed by atoms with Crippen LogP contribution in [-0.2, 0) is 4.79 Å². The van der Waals surface area contributed by atoms with Crippen molar-refractivity contribution < 1.29 is 4.79 Å². The monoisotopic (exact) mass is 283 g/mol. The fourth-order valence-electron chi connectivity index (χ4n) is 2.95. The molecule has 20 heavy (non-hydrogen) atoms. The van der Waals surface area contributed by atoms with E-state index in [4.69, 9.17) is 5.73 Å². The Morgan fingerprint density at radius 1 is 1.30 bits per heavy atom. The van der Waals surface area contributed by atoms with E-state index in [0.29, 0.717) is 18.5 Å². The molecular formula is C16H33N3O. The van der Waals surface area contributed by atoms with Gasteiger partial charge in [0.2, 0.25) is 5.91 Å². The standard InChI is InChI=1S/C16H33N3O/c1-16(2,3)14-7-5-11-19(12-8-14)13-15(20)18(4)10-6-9-17/h14H,5-13,17H2,1-4H3. The van der Waals surface area contributed by atoms with Gasteiger partial charge in [-0.2, -0.15) is 0 Å². The van der Waals surface area contributed by atoms with Crippen LogP contribution in [0.5, 0.6) is 0 Å². The lowest BCUT2D eigenvalue weighted by molar-refractivity contribution is -0.131. The van der Waals surface area contributed by atoms with Crippen LogP contribution in [0, 0.1) is 11.3 Å². The van der Waals surface area contributed by atoms with Crippen molar-refractivity contribution in [2.24, 2.45) is 17.1 Å². The van der Waals surface area contributed by atoms with Crippen molar-refractivity contribution in [3.05, 3.63) is 0 Å². The van der Waals surface area contributed by atoms with Gasteiger partial charge < -0.3 is 10.6 Å². The van der Waals surface area contributed by atoms with E-state index in [0.717, 1.165) is 32.0 Å². The lowest BCUT2D eigenvalue weighted by Gasteiger charge is -2.30. The molecule has 0 aromatic heterocycles. The molecule has 0 saturated carbocycles. The Bertz CT molecular complexity index is 299. The van der Waals surface area contributed by atoms with Crippen LogP contribution < -0.4 is 5.73 Å². The minimum absolute atomic E-state index is 0.229. The Labute approximate surface area is 124 Å². The first-order chi connectivity index (χ1) is 9.34. The summed E-state index contributed by atoms with van der Waals surface area (Å²) in [6, 6.07) is 0. The predicted molar refractivity (Wildman–Crippen MR) is 84.5 cm³/mol. The van der Waals surface area contributed by atoms with E-state index in [-0.39, 0.29) is 5.91 Å². The van der Waals surface area contributed by atoms with Crippen molar-refractivity contribution in [3.63, 3.8) is 0 Å². The minimum Gasteiger partial charge on any atom is -0.345 e. The normalized spacial score (nSPS) is 21.6. The van der Waals surface area contributed by atoms with E-state index in [1.54, 1.807) is 0 Å². The molecule has 1 fully saturated rings. The van der Waals surface area contributed by atoms with E-state index < -0.39 is 0 Å². The number of rotatable bonds is 5. The molecule has 2 N–H and O–H groups in total. The van der Waals surface area contributed by atoms with Crippen LogP contribution >= 0.6 is 0 Å². The molecule has 1 unspecified atom stereocenters. The van der Waals surface area contributed by atoms with Gasteiger partial charge in [-0.05, 0) is 56.7 Å². The summed E-state index contributed by atoms with van der Waals surface area (Å²) in [5.41, 5.74) is 5.88. The fourth-order valence-corrected chi connectivity index (χ4v) is 2.95. The molecule has 1 atom stereocenters. The Kier molecular flexibility index (Phi) is 6.96. The smallest absolute Gasteiger partial charge is 0.236 e. The van der Waals surface area contributed by atoms with Gasteiger partial charge in [-0.25, -0.2) is 0 Å². The lowest BCUT2D eigenvalue weighted by Crippen LogP contribution is -2.39. The molecule has 1 heterocycles. The second-order valence-electron chi connectivity index (χ2n) is 7.23. The Morgan fingerprint density at radius 2 is 2.00 bits per heavy atom. The zero-order chi connectivity index (χ0) is 15.2. The van der Waals surface area contributed by atoms with Crippen LogP contribution in [0.4, 0.5) is 0 Å². The molecular weight excluding hydrogens is 250 g/mol. The zero-order valence-corrected chi connectivity index (χ0v) is 13.8. The lowest BCUT2D eigenvalue weighted by atomic mass is 9.77. The number of carbonyl (C=O) groups is 1. The average molecular weight is 283 g/mol. The molecule has 1 aliphatic heterocycles. The van der Waals surface area contributed by atoms with Crippen LogP contribution in [-0.4, -0.2) is 55.5 Å². The number of amides is 1. The molecule has 1 amide bonds. The van der Waals surface area contributed by atoms with Crippen molar-refractivity contribution in [1.82, 2.24) is 9.80 Å². The third kappa shape index (κ3) is 5.80. The highest BCUT2D eigenvalue weighted by Gasteiger charge is 2.27. The van der Waals surface area contributed by atoms with Gasteiger partial charge in [0.15, 0.2) is 0 Å². The van der Waals surface area contributed by atoms with Crippen LogP contribution in [0.3, 0.4) is 0 Å². The summed E-state index contributed by atoms with van der Waals surface area (Å²) in [6.07, 6.45) is 4.59. The van der Waals surface area contributed by atoms with Gasteiger partial charge in [-0.1, -0.05) is 20.8 Å². The molecule has 0 bridgehead atoms. The average Bonchev–Trinajstić information content (AvgIpc) is 2.60. The first-order valence-electron chi connectivity index (χ1n) is 8.01. The highest BCUT2D eigenvalue weighted by atomic mass is 16.2. The van der Waals surface area contributed by atoms with Crippen LogP contribution in [0.1, 0.15) is 46.5 Å². The first kappa shape index (κ1) is 17.4. The summed E-state index contributed by atoms with van der Waals surface area (Å²) in [5, 5.41) is 0. The summed E-state index contributed by atoms with van der Waals surface area (Å²) in [6.45, 7) is 11.1. The number of carbonyl (C=O) groups excluding carboxylic acids is 1. The molecule has 1 rings (SSSR count). The van der Waals surface area contributed by atoms with E-state index in [2.05, 4.69) is 25.7 Å². The number of likely N-dealkylation sites (tertiary alicyclic amines) is 1. The van der Waals surface area contributed by atoms with Gasteiger partial charge in [-0.15, -0.1) is 0 Å². The molecule has 1 aliphatic rings. The molecule has 4 heteroatoms. The van der Waals surface area contributed by atoms with Gasteiger partial charge in [-0.3, -0.25) is 9.69 Å². The summed E-state index contributed by atoms with van der Waals surface area (Å²) in [4.78, 5) is 16.3.